The number of hydrogen-bond donors (Lipinski definition) is 0. The molecular weight excluding hydrogens is 430 g/mol. The molecule has 0 N–H and O–H groups in total. The van der Waals surface area contributed by atoms with Gasteiger partial charge in [-0.05, 0) is 53.8 Å². The van der Waals surface area contributed by atoms with E-state index in [1.807, 2.05) is 48.5 Å². The van der Waals surface area contributed by atoms with E-state index in [1.165, 1.54) is 12.7 Å². The highest BCUT2D eigenvalue weighted by atomic mass is 79.9. The molecule has 0 radical (unpaired) electrons. The Morgan fingerprint density at radius 2 is 1.62 bits per heavy atom. The van der Waals surface area contributed by atoms with E-state index in [1.54, 1.807) is 17.9 Å². The van der Waals surface area contributed by atoms with Gasteiger partial charge in [-0.2, -0.15) is 0 Å². The monoisotopic (exact) mass is 453 g/mol. The van der Waals surface area contributed by atoms with Crippen LogP contribution in [0.3, 0.4) is 0 Å². The lowest BCUT2D eigenvalue weighted by atomic mass is 9.86. The summed E-state index contributed by atoms with van der Waals surface area (Å²) in [4.78, 5) is 27.3. The van der Waals surface area contributed by atoms with E-state index >= 15 is 0 Å². The number of benzene rings is 2. The van der Waals surface area contributed by atoms with Gasteiger partial charge in [-0.3, -0.25) is 9.69 Å². The van der Waals surface area contributed by atoms with Crippen LogP contribution < -0.4 is 4.90 Å². The Hall–Kier alpha value is -2.66. The minimum absolute atomic E-state index is 0.0426. The number of carbonyl (C=O) groups excluding carboxylic acids is 2. The van der Waals surface area contributed by atoms with Gasteiger partial charge in [-0.25, -0.2) is 4.79 Å². The summed E-state index contributed by atoms with van der Waals surface area (Å²) in [6.45, 7) is 8.21. The van der Waals surface area contributed by atoms with Crippen molar-refractivity contribution >= 4 is 39.6 Å². The van der Waals surface area contributed by atoms with Gasteiger partial charge in [0.05, 0.1) is 18.3 Å². The standard InChI is InChI=1S/C24H24BrNO3/c1-15-21(23(28)29-5)20(14-16-6-8-17(9-7-16)24(2,3)4)22(27)26(15)19-12-10-18(25)11-13-19/h6-14H,1-5H3/b20-14-. The molecule has 4 nitrogen and oxygen atoms in total. The fourth-order valence-corrected chi connectivity index (χ4v) is 3.59. The highest BCUT2D eigenvalue weighted by molar-refractivity contribution is 9.10. The van der Waals surface area contributed by atoms with Crippen molar-refractivity contribution in [2.75, 3.05) is 12.0 Å². The Morgan fingerprint density at radius 1 is 1.03 bits per heavy atom. The molecular formula is C24H24BrNO3. The molecule has 0 saturated heterocycles. The fourth-order valence-electron chi connectivity index (χ4n) is 3.33. The smallest absolute Gasteiger partial charge is 0.340 e. The highest BCUT2D eigenvalue weighted by Crippen LogP contribution is 2.36. The summed E-state index contributed by atoms with van der Waals surface area (Å²) in [5.74, 6) is -0.766. The van der Waals surface area contributed by atoms with Gasteiger partial charge in [0.15, 0.2) is 0 Å². The Balaban J connectivity index is 2.07. The van der Waals surface area contributed by atoms with E-state index in [9.17, 15) is 9.59 Å². The first kappa shape index (κ1) is 21.1. The number of hydrogen-bond acceptors (Lipinski definition) is 3. The molecule has 0 unspecified atom stereocenters. The van der Waals surface area contributed by atoms with Crippen LogP contribution in [-0.4, -0.2) is 19.0 Å². The normalized spacial score (nSPS) is 16.0. The van der Waals surface area contributed by atoms with Crippen LogP contribution in [0.1, 0.15) is 38.8 Å². The van der Waals surface area contributed by atoms with Gasteiger partial charge in [-0.1, -0.05) is 61.0 Å². The summed E-state index contributed by atoms with van der Waals surface area (Å²) in [5, 5.41) is 0. The summed E-state index contributed by atoms with van der Waals surface area (Å²) in [6, 6.07) is 15.4. The van der Waals surface area contributed by atoms with Gasteiger partial charge in [0, 0.05) is 15.9 Å². The number of methoxy groups -OCH3 is 1. The molecule has 1 aliphatic rings. The molecule has 0 saturated carbocycles. The zero-order valence-corrected chi connectivity index (χ0v) is 18.8. The molecule has 1 aliphatic heterocycles. The maximum atomic E-state index is 13.3. The SMILES string of the molecule is COC(=O)C1=C(C)N(c2ccc(Br)cc2)C(=O)/C1=C\c1ccc(C(C)(C)C)cc1. The molecule has 0 aliphatic carbocycles. The second-order valence-corrected chi connectivity index (χ2v) is 8.91. The first-order valence-electron chi connectivity index (χ1n) is 9.35. The highest BCUT2D eigenvalue weighted by Gasteiger charge is 2.37. The molecule has 1 amide bonds. The third-order valence-corrected chi connectivity index (χ3v) is 5.49. The van der Waals surface area contributed by atoms with Crippen molar-refractivity contribution in [2.45, 2.75) is 33.1 Å². The van der Waals surface area contributed by atoms with Crippen LogP contribution in [0.4, 0.5) is 5.69 Å². The number of anilines is 1. The average molecular weight is 454 g/mol. The number of nitrogens with zero attached hydrogens (tertiary/aromatic N) is 1. The zero-order chi connectivity index (χ0) is 21.3. The molecule has 150 valence electrons. The first-order valence-corrected chi connectivity index (χ1v) is 10.1. The lowest BCUT2D eigenvalue weighted by Crippen LogP contribution is -2.24. The number of carbonyl (C=O) groups is 2. The average Bonchev–Trinajstić information content (AvgIpc) is 2.92. The van der Waals surface area contributed by atoms with Crippen LogP contribution in [0.25, 0.3) is 6.08 Å². The van der Waals surface area contributed by atoms with Gasteiger partial charge >= 0.3 is 5.97 Å². The van der Waals surface area contributed by atoms with Crippen molar-refractivity contribution in [3.8, 4) is 0 Å². The number of ether oxygens (including phenoxy) is 1. The van der Waals surface area contributed by atoms with Crippen LogP contribution in [0.15, 0.2) is 69.8 Å². The predicted octanol–water partition coefficient (Wildman–Crippen LogP) is 5.62. The molecule has 1 heterocycles. The fraction of sp³-hybridized carbons (Fsp3) is 0.250. The quantitative estimate of drug-likeness (QED) is 0.447. The largest absolute Gasteiger partial charge is 0.465 e. The Kier molecular flexibility index (Phi) is 5.80. The number of esters is 1. The van der Waals surface area contributed by atoms with Crippen LogP contribution >= 0.6 is 15.9 Å². The van der Waals surface area contributed by atoms with Crippen molar-refractivity contribution in [3.63, 3.8) is 0 Å². The van der Waals surface area contributed by atoms with E-state index in [0.29, 0.717) is 22.5 Å². The lowest BCUT2D eigenvalue weighted by Gasteiger charge is -2.19. The third kappa shape index (κ3) is 4.20. The number of allylic oxidation sites excluding steroid dienone is 1. The summed E-state index contributed by atoms with van der Waals surface area (Å²) < 4.78 is 5.88. The molecule has 0 bridgehead atoms. The van der Waals surface area contributed by atoms with Crippen molar-refractivity contribution in [3.05, 3.63) is 81.0 Å². The van der Waals surface area contributed by atoms with E-state index in [2.05, 4.69) is 36.7 Å². The second kappa shape index (κ2) is 7.99. The Labute approximate surface area is 180 Å². The minimum Gasteiger partial charge on any atom is -0.465 e. The van der Waals surface area contributed by atoms with E-state index in [0.717, 1.165) is 10.0 Å². The van der Waals surface area contributed by atoms with Crippen molar-refractivity contribution in [1.82, 2.24) is 0 Å². The number of amides is 1. The maximum absolute atomic E-state index is 13.3. The maximum Gasteiger partial charge on any atom is 0.340 e. The van der Waals surface area contributed by atoms with Crippen LogP contribution in [0.2, 0.25) is 0 Å². The molecule has 0 spiro atoms. The van der Waals surface area contributed by atoms with Crippen molar-refractivity contribution in [1.29, 1.82) is 0 Å². The molecule has 2 aromatic carbocycles. The van der Waals surface area contributed by atoms with Gasteiger partial charge in [-0.15, -0.1) is 0 Å². The van der Waals surface area contributed by atoms with Gasteiger partial charge in [0.2, 0.25) is 0 Å². The van der Waals surface area contributed by atoms with Crippen LogP contribution in [0.5, 0.6) is 0 Å². The Bertz CT molecular complexity index is 1010. The van der Waals surface area contributed by atoms with Crippen LogP contribution in [0, 0.1) is 0 Å². The summed E-state index contributed by atoms with van der Waals surface area (Å²) >= 11 is 3.41. The van der Waals surface area contributed by atoms with E-state index < -0.39 is 5.97 Å². The molecule has 5 heteroatoms. The lowest BCUT2D eigenvalue weighted by molar-refractivity contribution is -0.136. The molecule has 0 aromatic heterocycles. The first-order chi connectivity index (χ1) is 13.6. The molecule has 0 fully saturated rings. The third-order valence-electron chi connectivity index (χ3n) is 4.96. The van der Waals surface area contributed by atoms with Gasteiger partial charge < -0.3 is 4.74 Å². The summed E-state index contributed by atoms with van der Waals surface area (Å²) in [5.41, 5.74) is 3.98. The topological polar surface area (TPSA) is 46.6 Å². The zero-order valence-electron chi connectivity index (χ0n) is 17.2. The molecule has 3 rings (SSSR count). The number of rotatable bonds is 3. The van der Waals surface area contributed by atoms with Crippen molar-refractivity contribution < 1.29 is 14.3 Å². The summed E-state index contributed by atoms with van der Waals surface area (Å²) in [7, 11) is 1.32. The number of halogens is 1. The Morgan fingerprint density at radius 3 is 2.14 bits per heavy atom. The molecule has 29 heavy (non-hydrogen) atoms. The minimum atomic E-state index is -0.520. The van der Waals surface area contributed by atoms with E-state index in [4.69, 9.17) is 4.74 Å². The summed E-state index contributed by atoms with van der Waals surface area (Å²) in [6.07, 6.45) is 1.75. The van der Waals surface area contributed by atoms with E-state index in [-0.39, 0.29) is 11.3 Å². The van der Waals surface area contributed by atoms with Gasteiger partial charge in [0.1, 0.15) is 0 Å². The molecule has 0 atom stereocenters. The van der Waals surface area contributed by atoms with Crippen LogP contribution in [-0.2, 0) is 19.7 Å². The predicted molar refractivity (Wildman–Crippen MR) is 119 cm³/mol. The second-order valence-electron chi connectivity index (χ2n) is 8.00. The van der Waals surface area contributed by atoms with Crippen molar-refractivity contribution in [2.24, 2.45) is 0 Å². The molecule has 2 aromatic rings. The van der Waals surface area contributed by atoms with Gasteiger partial charge in [0.25, 0.3) is 5.91 Å².